The molecule has 3 N–H and O–H groups in total. The monoisotopic (exact) mass is 178 g/mol. The van der Waals surface area contributed by atoms with Crippen LogP contribution in [0.5, 0.6) is 0 Å². The van der Waals surface area contributed by atoms with Crippen LogP contribution in [0.4, 0.5) is 5.69 Å². The van der Waals surface area contributed by atoms with Gasteiger partial charge in [-0.3, -0.25) is 4.98 Å². The van der Waals surface area contributed by atoms with E-state index in [2.05, 4.69) is 4.98 Å². The van der Waals surface area contributed by atoms with Crippen LogP contribution >= 0.6 is 0 Å². The van der Waals surface area contributed by atoms with E-state index in [9.17, 15) is 5.11 Å². The minimum Gasteiger partial charge on any atom is -0.398 e. The Balaban J connectivity index is 2.18. The number of hydrogen-bond donors (Lipinski definition) is 2. The van der Waals surface area contributed by atoms with Gasteiger partial charge in [-0.1, -0.05) is 6.42 Å². The number of nitrogens with zero attached hydrogens (tertiary/aromatic N) is 1. The topological polar surface area (TPSA) is 59.1 Å². The van der Waals surface area contributed by atoms with Gasteiger partial charge >= 0.3 is 0 Å². The van der Waals surface area contributed by atoms with Gasteiger partial charge in [0.15, 0.2) is 0 Å². The molecule has 13 heavy (non-hydrogen) atoms. The van der Waals surface area contributed by atoms with Crippen molar-refractivity contribution in [2.24, 2.45) is 5.92 Å². The van der Waals surface area contributed by atoms with E-state index in [4.69, 9.17) is 5.73 Å². The van der Waals surface area contributed by atoms with E-state index in [-0.39, 0.29) is 0 Å². The third-order valence-electron chi connectivity index (χ3n) is 2.80. The molecule has 1 aromatic heterocycles. The molecule has 0 saturated heterocycles. The van der Waals surface area contributed by atoms with Crippen LogP contribution in [-0.2, 0) is 0 Å². The number of aromatic nitrogens is 1. The lowest BCUT2D eigenvalue weighted by molar-refractivity contribution is 0.0624. The van der Waals surface area contributed by atoms with E-state index in [0.717, 1.165) is 18.4 Å². The maximum Gasteiger partial charge on any atom is 0.0853 e. The van der Waals surface area contributed by atoms with Crippen LogP contribution in [0.25, 0.3) is 0 Å². The van der Waals surface area contributed by atoms with Crippen LogP contribution < -0.4 is 5.73 Å². The SMILES string of the molecule is Nc1ccncc1C(O)C1CCC1. The molecule has 1 aromatic rings. The van der Waals surface area contributed by atoms with E-state index in [1.807, 2.05) is 0 Å². The number of nitrogen functional groups attached to an aromatic ring is 1. The summed E-state index contributed by atoms with van der Waals surface area (Å²) in [4.78, 5) is 3.97. The molecule has 0 aliphatic heterocycles. The van der Waals surface area contributed by atoms with Crippen molar-refractivity contribution in [1.29, 1.82) is 0 Å². The molecule has 1 heterocycles. The highest BCUT2D eigenvalue weighted by Crippen LogP contribution is 2.38. The molecule has 1 atom stereocenters. The van der Waals surface area contributed by atoms with Gasteiger partial charge in [0, 0.05) is 23.6 Å². The second kappa shape index (κ2) is 3.34. The Morgan fingerprint density at radius 1 is 1.54 bits per heavy atom. The number of hydrogen-bond acceptors (Lipinski definition) is 3. The van der Waals surface area contributed by atoms with E-state index < -0.39 is 6.10 Å². The molecule has 70 valence electrons. The van der Waals surface area contributed by atoms with Crippen molar-refractivity contribution in [1.82, 2.24) is 4.98 Å². The van der Waals surface area contributed by atoms with Crippen molar-refractivity contribution in [3.8, 4) is 0 Å². The Labute approximate surface area is 77.6 Å². The van der Waals surface area contributed by atoms with Crippen molar-refractivity contribution >= 4 is 5.69 Å². The molecule has 1 unspecified atom stereocenters. The van der Waals surface area contributed by atoms with Gasteiger partial charge in [0.25, 0.3) is 0 Å². The third-order valence-corrected chi connectivity index (χ3v) is 2.80. The largest absolute Gasteiger partial charge is 0.398 e. The fraction of sp³-hybridized carbons (Fsp3) is 0.500. The van der Waals surface area contributed by atoms with Gasteiger partial charge in [0.1, 0.15) is 0 Å². The number of nitrogens with two attached hydrogens (primary N) is 1. The maximum atomic E-state index is 9.90. The van der Waals surface area contributed by atoms with E-state index in [1.165, 1.54) is 6.42 Å². The first-order chi connectivity index (χ1) is 6.29. The summed E-state index contributed by atoms with van der Waals surface area (Å²) in [7, 11) is 0. The van der Waals surface area contributed by atoms with Gasteiger partial charge in [-0.25, -0.2) is 0 Å². The molecule has 0 spiro atoms. The summed E-state index contributed by atoms with van der Waals surface area (Å²) in [6.07, 6.45) is 6.33. The first-order valence-corrected chi connectivity index (χ1v) is 4.66. The zero-order valence-electron chi connectivity index (χ0n) is 7.48. The van der Waals surface area contributed by atoms with Crippen LogP contribution in [0.2, 0.25) is 0 Å². The lowest BCUT2D eigenvalue weighted by Crippen LogP contribution is -2.20. The van der Waals surface area contributed by atoms with E-state index in [1.54, 1.807) is 18.5 Å². The maximum absolute atomic E-state index is 9.90. The summed E-state index contributed by atoms with van der Waals surface area (Å²) in [5.74, 6) is 0.395. The van der Waals surface area contributed by atoms with Crippen LogP contribution in [0.3, 0.4) is 0 Å². The van der Waals surface area contributed by atoms with Crippen molar-refractivity contribution in [2.75, 3.05) is 5.73 Å². The van der Waals surface area contributed by atoms with Gasteiger partial charge in [-0.05, 0) is 24.8 Å². The Hall–Kier alpha value is -1.09. The normalized spacial score (nSPS) is 19.5. The van der Waals surface area contributed by atoms with Gasteiger partial charge in [0.05, 0.1) is 6.10 Å². The summed E-state index contributed by atoms with van der Waals surface area (Å²) in [5.41, 5.74) is 7.17. The fourth-order valence-electron chi connectivity index (χ4n) is 1.67. The Morgan fingerprint density at radius 3 is 2.85 bits per heavy atom. The summed E-state index contributed by atoms with van der Waals surface area (Å²) in [6.45, 7) is 0. The predicted molar refractivity (Wildman–Crippen MR) is 51.0 cm³/mol. The highest BCUT2D eigenvalue weighted by Gasteiger charge is 2.27. The van der Waals surface area contributed by atoms with Crippen molar-refractivity contribution in [3.63, 3.8) is 0 Å². The highest BCUT2D eigenvalue weighted by atomic mass is 16.3. The fourth-order valence-corrected chi connectivity index (χ4v) is 1.67. The molecule has 1 fully saturated rings. The second-order valence-electron chi connectivity index (χ2n) is 3.64. The zero-order valence-corrected chi connectivity index (χ0v) is 7.48. The van der Waals surface area contributed by atoms with Crippen molar-refractivity contribution in [3.05, 3.63) is 24.0 Å². The zero-order chi connectivity index (χ0) is 9.26. The third kappa shape index (κ3) is 1.52. The van der Waals surface area contributed by atoms with Gasteiger partial charge < -0.3 is 10.8 Å². The lowest BCUT2D eigenvalue weighted by atomic mass is 9.79. The molecule has 3 nitrogen and oxygen atoms in total. The van der Waals surface area contributed by atoms with Gasteiger partial charge in [-0.15, -0.1) is 0 Å². The Kier molecular flexibility index (Phi) is 2.19. The molecule has 0 bridgehead atoms. The smallest absolute Gasteiger partial charge is 0.0853 e. The second-order valence-corrected chi connectivity index (χ2v) is 3.64. The van der Waals surface area contributed by atoms with Gasteiger partial charge in [0.2, 0.25) is 0 Å². The summed E-state index contributed by atoms with van der Waals surface area (Å²) in [5, 5.41) is 9.90. The average molecular weight is 178 g/mol. The van der Waals surface area contributed by atoms with E-state index in [0.29, 0.717) is 11.6 Å². The van der Waals surface area contributed by atoms with E-state index >= 15 is 0 Å². The average Bonchev–Trinajstić information content (AvgIpc) is 2.01. The Bertz CT molecular complexity index is 297. The predicted octanol–water partition coefficient (Wildman–Crippen LogP) is 1.50. The van der Waals surface area contributed by atoms with Crippen molar-refractivity contribution < 1.29 is 5.11 Å². The van der Waals surface area contributed by atoms with Gasteiger partial charge in [-0.2, -0.15) is 0 Å². The molecule has 1 aliphatic carbocycles. The van der Waals surface area contributed by atoms with Crippen LogP contribution in [0, 0.1) is 5.92 Å². The summed E-state index contributed by atoms with van der Waals surface area (Å²) >= 11 is 0. The Morgan fingerprint density at radius 2 is 2.31 bits per heavy atom. The van der Waals surface area contributed by atoms with Crippen LogP contribution in [0.1, 0.15) is 30.9 Å². The minimum absolute atomic E-state index is 0.395. The molecule has 0 aromatic carbocycles. The summed E-state index contributed by atoms with van der Waals surface area (Å²) in [6, 6.07) is 1.73. The van der Waals surface area contributed by atoms with Crippen LogP contribution in [0.15, 0.2) is 18.5 Å². The molecule has 0 amide bonds. The number of pyridine rings is 1. The molecule has 1 saturated carbocycles. The molecule has 1 aliphatic rings. The minimum atomic E-state index is -0.414. The number of rotatable bonds is 2. The molecule has 0 radical (unpaired) electrons. The molecule has 3 heteroatoms. The number of aliphatic hydroxyl groups excluding tert-OH is 1. The number of anilines is 1. The first-order valence-electron chi connectivity index (χ1n) is 4.66. The molecular weight excluding hydrogens is 164 g/mol. The molecule has 2 rings (SSSR count). The molecular formula is C10H14N2O. The van der Waals surface area contributed by atoms with Crippen molar-refractivity contribution in [2.45, 2.75) is 25.4 Å². The number of aliphatic hydroxyl groups is 1. The quantitative estimate of drug-likeness (QED) is 0.721. The standard InChI is InChI=1S/C10H14N2O/c11-9-4-5-12-6-8(9)10(13)7-2-1-3-7/h4-7,10,13H,1-3H2,(H2,11,12). The lowest BCUT2D eigenvalue weighted by Gasteiger charge is -2.30. The first kappa shape index (κ1) is 8.51. The highest BCUT2D eigenvalue weighted by molar-refractivity contribution is 5.45. The van der Waals surface area contributed by atoms with Crippen LogP contribution in [-0.4, -0.2) is 10.1 Å². The summed E-state index contributed by atoms with van der Waals surface area (Å²) < 4.78 is 0.